The van der Waals surface area contributed by atoms with E-state index < -0.39 is 11.7 Å². The summed E-state index contributed by atoms with van der Waals surface area (Å²) in [6.07, 6.45) is 3.27. The summed E-state index contributed by atoms with van der Waals surface area (Å²) in [6.45, 7) is 6.77. The maximum Gasteiger partial charge on any atom is 0.317 e. The lowest BCUT2D eigenvalue weighted by atomic mass is 9.71. The van der Waals surface area contributed by atoms with E-state index in [1.165, 1.54) is 0 Å². The first-order chi connectivity index (χ1) is 11.1. The second kappa shape index (κ2) is 6.87. The van der Waals surface area contributed by atoms with Crippen molar-refractivity contribution in [1.29, 1.82) is 0 Å². The highest BCUT2D eigenvalue weighted by Crippen LogP contribution is 2.44. The van der Waals surface area contributed by atoms with Crippen LogP contribution in [-0.4, -0.2) is 61.4 Å². The molecule has 23 heavy (non-hydrogen) atoms. The third kappa shape index (κ3) is 3.16. The van der Waals surface area contributed by atoms with E-state index in [-0.39, 0.29) is 23.7 Å². The molecule has 1 aliphatic carbocycles. The molecule has 0 radical (unpaired) electrons. The second-order valence-electron chi connectivity index (χ2n) is 6.73. The van der Waals surface area contributed by atoms with Crippen molar-refractivity contribution in [2.24, 2.45) is 11.8 Å². The van der Waals surface area contributed by atoms with Crippen molar-refractivity contribution in [3.8, 4) is 0 Å². The molecule has 3 fully saturated rings. The maximum atomic E-state index is 12.9. The molecule has 0 aromatic heterocycles. The molecule has 0 amide bonds. The quantitative estimate of drug-likeness (QED) is 0.575. The number of likely N-dealkylation sites (tertiary alicyclic amines) is 1. The molecular formula is C17H27NO5. The number of ketones is 1. The Hall–Kier alpha value is -0.980. The molecule has 0 N–H and O–H groups in total. The molecule has 1 saturated carbocycles. The van der Waals surface area contributed by atoms with Crippen LogP contribution in [0, 0.1) is 11.8 Å². The number of carbonyl (C=O) groups excluding carboxylic acids is 2. The molecule has 2 heterocycles. The fraction of sp³-hybridized carbons (Fsp3) is 0.882. The number of fused-ring (bicyclic) bond motifs is 1. The second-order valence-corrected chi connectivity index (χ2v) is 6.73. The zero-order valence-electron chi connectivity index (χ0n) is 14.1. The van der Waals surface area contributed by atoms with Crippen molar-refractivity contribution in [2.75, 3.05) is 32.9 Å². The largest absolute Gasteiger partial charge is 0.465 e. The van der Waals surface area contributed by atoms with Crippen LogP contribution in [0.1, 0.15) is 39.5 Å². The van der Waals surface area contributed by atoms with Gasteiger partial charge in [0.25, 0.3) is 0 Å². The van der Waals surface area contributed by atoms with Gasteiger partial charge in [-0.1, -0.05) is 6.92 Å². The van der Waals surface area contributed by atoms with Crippen LogP contribution in [0.3, 0.4) is 0 Å². The van der Waals surface area contributed by atoms with Gasteiger partial charge in [-0.05, 0) is 26.3 Å². The number of Topliss-reactive ketones (excluding diaryl/α,β-unsaturated/α-hetero) is 1. The van der Waals surface area contributed by atoms with Crippen molar-refractivity contribution in [3.63, 3.8) is 0 Å². The average molecular weight is 325 g/mol. The number of rotatable bonds is 4. The fourth-order valence-electron chi connectivity index (χ4n) is 4.32. The molecule has 6 nitrogen and oxygen atoms in total. The van der Waals surface area contributed by atoms with Crippen LogP contribution in [0.5, 0.6) is 0 Å². The molecule has 3 atom stereocenters. The molecule has 0 aromatic rings. The summed E-state index contributed by atoms with van der Waals surface area (Å²) in [5.74, 6) is -1.84. The minimum atomic E-state index is -0.667. The van der Waals surface area contributed by atoms with Crippen LogP contribution >= 0.6 is 0 Å². The molecule has 0 aromatic carbocycles. The van der Waals surface area contributed by atoms with E-state index >= 15 is 0 Å². The Morgan fingerprint density at radius 1 is 1.35 bits per heavy atom. The van der Waals surface area contributed by atoms with Crippen LogP contribution in [-0.2, 0) is 23.8 Å². The van der Waals surface area contributed by atoms with Crippen molar-refractivity contribution in [3.05, 3.63) is 0 Å². The van der Waals surface area contributed by atoms with Gasteiger partial charge in [-0.25, -0.2) is 0 Å². The lowest BCUT2D eigenvalue weighted by molar-refractivity contribution is -0.204. The molecule has 3 aliphatic rings. The molecule has 130 valence electrons. The number of hydrogen-bond acceptors (Lipinski definition) is 6. The average Bonchev–Trinajstić information content (AvgIpc) is 2.98. The Labute approximate surface area is 137 Å². The molecule has 1 unspecified atom stereocenters. The van der Waals surface area contributed by atoms with E-state index in [1.807, 2.05) is 0 Å². The summed E-state index contributed by atoms with van der Waals surface area (Å²) in [5, 5.41) is 0. The summed E-state index contributed by atoms with van der Waals surface area (Å²) in [7, 11) is 0. The van der Waals surface area contributed by atoms with Crippen molar-refractivity contribution >= 4 is 11.8 Å². The zero-order valence-corrected chi connectivity index (χ0v) is 14.1. The Morgan fingerprint density at radius 2 is 2.09 bits per heavy atom. The van der Waals surface area contributed by atoms with Crippen molar-refractivity contribution < 1.29 is 23.8 Å². The fourth-order valence-corrected chi connectivity index (χ4v) is 4.32. The van der Waals surface area contributed by atoms with E-state index in [1.54, 1.807) is 6.92 Å². The highest BCUT2D eigenvalue weighted by Gasteiger charge is 2.53. The number of carbonyl (C=O) groups is 2. The number of nitrogens with zero attached hydrogens (tertiary/aromatic N) is 1. The van der Waals surface area contributed by atoms with E-state index in [2.05, 4.69) is 11.8 Å². The van der Waals surface area contributed by atoms with Gasteiger partial charge >= 0.3 is 5.97 Å². The summed E-state index contributed by atoms with van der Waals surface area (Å²) >= 11 is 0. The summed E-state index contributed by atoms with van der Waals surface area (Å²) < 4.78 is 16.7. The van der Waals surface area contributed by atoms with Gasteiger partial charge in [0.15, 0.2) is 11.6 Å². The van der Waals surface area contributed by atoms with E-state index in [4.69, 9.17) is 14.2 Å². The van der Waals surface area contributed by atoms with Crippen LogP contribution in [0.25, 0.3) is 0 Å². The molecule has 6 heteroatoms. The zero-order chi connectivity index (χ0) is 16.4. The van der Waals surface area contributed by atoms with E-state index in [0.29, 0.717) is 32.8 Å². The Kier molecular flexibility index (Phi) is 5.04. The number of esters is 1. The minimum Gasteiger partial charge on any atom is -0.465 e. The molecular weight excluding hydrogens is 298 g/mol. The smallest absolute Gasteiger partial charge is 0.317 e. The minimum absolute atomic E-state index is 0.0129. The van der Waals surface area contributed by atoms with Crippen LogP contribution in [0.2, 0.25) is 0 Å². The van der Waals surface area contributed by atoms with Gasteiger partial charge in [0.05, 0.1) is 19.8 Å². The first-order valence-electron chi connectivity index (χ1n) is 8.82. The summed E-state index contributed by atoms with van der Waals surface area (Å²) in [6, 6.07) is 0.201. The van der Waals surface area contributed by atoms with Crippen LogP contribution < -0.4 is 0 Å². The van der Waals surface area contributed by atoms with Gasteiger partial charge in [0, 0.05) is 31.3 Å². The van der Waals surface area contributed by atoms with E-state index in [0.717, 1.165) is 25.8 Å². The van der Waals surface area contributed by atoms with Crippen LogP contribution in [0.4, 0.5) is 0 Å². The van der Waals surface area contributed by atoms with Crippen LogP contribution in [0.15, 0.2) is 0 Å². The topological polar surface area (TPSA) is 65.1 Å². The molecule has 3 rings (SSSR count). The first-order valence-corrected chi connectivity index (χ1v) is 8.82. The summed E-state index contributed by atoms with van der Waals surface area (Å²) in [5.41, 5.74) is 0. The van der Waals surface area contributed by atoms with Gasteiger partial charge in [0.1, 0.15) is 5.92 Å². The maximum absolute atomic E-state index is 12.9. The number of piperidine rings is 1. The van der Waals surface area contributed by atoms with E-state index in [9.17, 15) is 9.59 Å². The highest BCUT2D eigenvalue weighted by atomic mass is 16.7. The number of ether oxygens (including phenoxy) is 3. The van der Waals surface area contributed by atoms with Crippen molar-refractivity contribution in [2.45, 2.75) is 51.4 Å². The third-order valence-corrected chi connectivity index (χ3v) is 5.31. The predicted molar refractivity (Wildman–Crippen MR) is 82.8 cm³/mol. The Balaban J connectivity index is 1.80. The lowest BCUT2D eigenvalue weighted by Crippen LogP contribution is -2.60. The van der Waals surface area contributed by atoms with Crippen molar-refractivity contribution in [1.82, 2.24) is 4.90 Å². The van der Waals surface area contributed by atoms with Gasteiger partial charge in [-0.2, -0.15) is 0 Å². The van der Waals surface area contributed by atoms with Gasteiger partial charge in [-0.3, -0.25) is 14.5 Å². The molecule has 2 saturated heterocycles. The van der Waals surface area contributed by atoms with Gasteiger partial charge in [-0.15, -0.1) is 0 Å². The lowest BCUT2D eigenvalue weighted by Gasteiger charge is -2.49. The highest BCUT2D eigenvalue weighted by molar-refractivity contribution is 6.01. The Morgan fingerprint density at radius 3 is 2.74 bits per heavy atom. The molecule has 0 bridgehead atoms. The standard InChI is InChI=1S/C17H27NO5/c1-3-7-18-11-13(16(20)21-4-2)15(19)12-10-17(6-5-14(12)18)22-8-9-23-17/h12-14H,3-11H2,1-2H3/t12-,13+,14?/m1/s1. The molecule has 1 spiro atoms. The molecule has 2 aliphatic heterocycles. The van der Waals surface area contributed by atoms with Gasteiger partial charge < -0.3 is 14.2 Å². The number of hydrogen-bond donors (Lipinski definition) is 0. The third-order valence-electron chi connectivity index (χ3n) is 5.31. The normalized spacial score (nSPS) is 33.7. The van der Waals surface area contributed by atoms with Gasteiger partial charge in [0.2, 0.25) is 0 Å². The Bertz CT molecular complexity index is 460. The SMILES string of the molecule is CCCN1C[C@H](C(=O)OCC)C(=O)[C@@H]2CC3(CCC21)OCCO3. The monoisotopic (exact) mass is 325 g/mol. The summed E-state index contributed by atoms with van der Waals surface area (Å²) in [4.78, 5) is 27.4. The predicted octanol–water partition coefficient (Wildman–Crippen LogP) is 1.37. The first kappa shape index (κ1) is 16.9.